The third-order valence-corrected chi connectivity index (χ3v) is 8.79. The number of para-hydroxylation sites is 3. The van der Waals surface area contributed by atoms with E-state index in [0.717, 1.165) is 64.9 Å². The predicted octanol–water partition coefficient (Wildman–Crippen LogP) is 9.40. The number of nitrogens with zero attached hydrogens (tertiary/aromatic N) is 5. The van der Waals surface area contributed by atoms with E-state index in [-0.39, 0.29) is 6.08 Å². The van der Waals surface area contributed by atoms with Crippen LogP contribution in [0.5, 0.6) is 11.8 Å². The van der Waals surface area contributed by atoms with Gasteiger partial charge in [-0.15, -0.1) is 0 Å². The summed E-state index contributed by atoms with van der Waals surface area (Å²) in [7, 11) is 0. The Hall–Kier alpha value is -4.72. The molecule has 9 heteroatoms. The Kier molecular flexibility index (Phi) is 7.73. The van der Waals surface area contributed by atoms with Gasteiger partial charge in [-0.05, 0) is 63.2 Å². The number of ether oxygens (including phenoxy) is 1. The van der Waals surface area contributed by atoms with E-state index in [2.05, 4.69) is 81.1 Å². The minimum Gasteiger partial charge on any atom is -0.411 e. The van der Waals surface area contributed by atoms with Crippen LogP contribution in [0.2, 0.25) is 10.0 Å². The summed E-state index contributed by atoms with van der Waals surface area (Å²) in [5.41, 5.74) is 6.71. The number of anilines is 2. The van der Waals surface area contributed by atoms with Crippen LogP contribution in [-0.2, 0) is 6.54 Å². The minimum atomic E-state index is 0.226. The number of hydrogen-bond acceptors (Lipinski definition) is 5. The topological polar surface area (TPSA) is 50.6 Å². The van der Waals surface area contributed by atoms with Crippen molar-refractivity contribution >= 4 is 62.8 Å². The summed E-state index contributed by atoms with van der Waals surface area (Å²) in [6, 6.07) is 27.9. The van der Waals surface area contributed by atoms with Gasteiger partial charge in [-0.1, -0.05) is 59.6 Å². The molecule has 7 nitrogen and oxygen atoms in total. The SMILES string of the molecule is CCN1/C(=C\C=C\c2n(-c3ccccc3)c3cc(Cl)c(Cl)cc3[n+]2CC)N(CC)c2cc(Oc3nc4ccccc4o3)ccc21. The summed E-state index contributed by atoms with van der Waals surface area (Å²) < 4.78 is 16.4. The fourth-order valence-corrected chi connectivity index (χ4v) is 6.41. The molecule has 0 atom stereocenters. The molecule has 45 heavy (non-hydrogen) atoms. The fraction of sp³-hybridized carbons (Fsp3) is 0.167. The van der Waals surface area contributed by atoms with Crippen LogP contribution in [0, 0.1) is 0 Å². The van der Waals surface area contributed by atoms with Crippen molar-refractivity contribution in [2.45, 2.75) is 27.3 Å². The lowest BCUT2D eigenvalue weighted by molar-refractivity contribution is -0.670. The summed E-state index contributed by atoms with van der Waals surface area (Å²) in [4.78, 5) is 9.08. The molecule has 7 rings (SSSR count). The number of aromatic nitrogens is 3. The van der Waals surface area contributed by atoms with Crippen LogP contribution in [-0.4, -0.2) is 22.6 Å². The van der Waals surface area contributed by atoms with E-state index in [4.69, 9.17) is 32.4 Å². The molecule has 0 aliphatic carbocycles. The Labute approximate surface area is 271 Å². The summed E-state index contributed by atoms with van der Waals surface area (Å²) in [5, 5.41) is 1.06. The lowest BCUT2D eigenvalue weighted by Crippen LogP contribution is -2.35. The standard InChI is InChI=1S/C36H32Cl2N5O2/c1-4-40-29-20-19-25(44-36-39-28-15-10-11-16-33(28)45-36)21-30(29)41(5-2)34(40)17-12-18-35-42(6-3)31-22-26(37)27(38)23-32(31)43(35)24-13-8-7-9-14-24/h7-23H,4-6H2,1-3H3/q+1. The molecule has 0 unspecified atom stereocenters. The summed E-state index contributed by atoms with van der Waals surface area (Å²) in [5.74, 6) is 2.77. The van der Waals surface area contributed by atoms with Crippen molar-refractivity contribution in [3.8, 4) is 17.5 Å². The number of hydrogen-bond donors (Lipinski definition) is 0. The van der Waals surface area contributed by atoms with Gasteiger partial charge in [-0.2, -0.15) is 9.55 Å². The second-order valence-electron chi connectivity index (χ2n) is 10.6. The highest BCUT2D eigenvalue weighted by molar-refractivity contribution is 6.42. The number of rotatable bonds is 8. The number of benzene rings is 4. The number of oxazole rings is 1. The van der Waals surface area contributed by atoms with Gasteiger partial charge in [0.1, 0.15) is 22.8 Å². The average molecular weight is 638 g/mol. The van der Waals surface area contributed by atoms with Crippen LogP contribution in [0.4, 0.5) is 11.4 Å². The Morgan fingerprint density at radius 2 is 1.58 bits per heavy atom. The Morgan fingerprint density at radius 1 is 0.844 bits per heavy atom. The van der Waals surface area contributed by atoms with Crippen LogP contribution in [0.3, 0.4) is 0 Å². The van der Waals surface area contributed by atoms with Crippen LogP contribution >= 0.6 is 23.2 Å². The normalized spacial score (nSPS) is 14.0. The zero-order chi connectivity index (χ0) is 31.1. The summed E-state index contributed by atoms with van der Waals surface area (Å²) >= 11 is 13.0. The predicted molar refractivity (Wildman–Crippen MR) is 183 cm³/mol. The van der Waals surface area contributed by atoms with Gasteiger partial charge < -0.3 is 19.0 Å². The highest BCUT2D eigenvalue weighted by atomic mass is 35.5. The summed E-state index contributed by atoms with van der Waals surface area (Å²) in [6.07, 6.45) is 6.66. The molecule has 0 amide bonds. The average Bonchev–Trinajstić information content (AvgIpc) is 3.70. The lowest BCUT2D eigenvalue weighted by Gasteiger charge is -2.23. The first-order chi connectivity index (χ1) is 22.0. The molecule has 6 aromatic rings. The van der Waals surface area contributed by atoms with Gasteiger partial charge in [0.2, 0.25) is 0 Å². The van der Waals surface area contributed by atoms with Crippen molar-refractivity contribution in [3.05, 3.63) is 119 Å². The molecule has 0 bridgehead atoms. The molecule has 4 aromatic carbocycles. The van der Waals surface area contributed by atoms with E-state index in [9.17, 15) is 0 Å². The molecule has 0 saturated heterocycles. The second-order valence-corrected chi connectivity index (χ2v) is 11.4. The number of aryl methyl sites for hydroxylation is 1. The Balaban J connectivity index is 1.26. The molecule has 226 valence electrons. The van der Waals surface area contributed by atoms with E-state index in [1.165, 1.54) is 0 Å². The highest BCUT2D eigenvalue weighted by Crippen LogP contribution is 2.44. The van der Waals surface area contributed by atoms with Crippen molar-refractivity contribution in [1.82, 2.24) is 9.55 Å². The van der Waals surface area contributed by atoms with Crippen LogP contribution < -0.4 is 19.1 Å². The second kappa shape index (κ2) is 12.0. The van der Waals surface area contributed by atoms with Gasteiger partial charge in [0, 0.05) is 37.4 Å². The lowest BCUT2D eigenvalue weighted by atomic mass is 10.2. The fourth-order valence-electron chi connectivity index (χ4n) is 6.10. The van der Waals surface area contributed by atoms with E-state index in [0.29, 0.717) is 21.4 Å². The molecule has 0 N–H and O–H groups in total. The van der Waals surface area contributed by atoms with Crippen molar-refractivity contribution in [2.24, 2.45) is 0 Å². The first-order valence-electron chi connectivity index (χ1n) is 15.1. The monoisotopic (exact) mass is 636 g/mol. The van der Waals surface area contributed by atoms with Crippen LogP contribution in [0.25, 0.3) is 33.9 Å². The van der Waals surface area contributed by atoms with Crippen molar-refractivity contribution in [2.75, 3.05) is 22.9 Å². The maximum absolute atomic E-state index is 6.51. The number of halogens is 2. The van der Waals surface area contributed by atoms with Crippen molar-refractivity contribution in [1.29, 1.82) is 0 Å². The molecular weight excluding hydrogens is 605 g/mol. The first kappa shape index (κ1) is 29.0. The Bertz CT molecular complexity index is 2060. The molecule has 2 aromatic heterocycles. The zero-order valence-corrected chi connectivity index (χ0v) is 26.8. The van der Waals surface area contributed by atoms with Gasteiger partial charge >= 0.3 is 6.08 Å². The smallest absolute Gasteiger partial charge is 0.400 e. The molecule has 0 spiro atoms. The van der Waals surface area contributed by atoms with E-state index < -0.39 is 0 Å². The van der Waals surface area contributed by atoms with Crippen LogP contribution in [0.1, 0.15) is 26.6 Å². The maximum Gasteiger partial charge on any atom is 0.400 e. The van der Waals surface area contributed by atoms with Gasteiger partial charge in [0.05, 0.1) is 28.0 Å². The summed E-state index contributed by atoms with van der Waals surface area (Å²) in [6.45, 7) is 8.81. The van der Waals surface area contributed by atoms with E-state index >= 15 is 0 Å². The number of imidazole rings is 1. The highest BCUT2D eigenvalue weighted by Gasteiger charge is 2.30. The first-order valence-corrected chi connectivity index (χ1v) is 15.9. The quantitative estimate of drug-likeness (QED) is 0.156. The largest absolute Gasteiger partial charge is 0.411 e. The molecule has 0 saturated carbocycles. The Morgan fingerprint density at radius 3 is 2.33 bits per heavy atom. The molecule has 0 radical (unpaired) electrons. The third kappa shape index (κ3) is 5.12. The van der Waals surface area contributed by atoms with Crippen molar-refractivity contribution < 1.29 is 13.7 Å². The van der Waals surface area contributed by atoms with Gasteiger partial charge in [-0.25, -0.2) is 4.57 Å². The van der Waals surface area contributed by atoms with Crippen LogP contribution in [0.15, 0.2) is 107 Å². The number of allylic oxidation sites excluding steroid dienone is 2. The van der Waals surface area contributed by atoms with Gasteiger partial charge in [-0.3, -0.25) is 0 Å². The molecule has 0 fully saturated rings. The van der Waals surface area contributed by atoms with Gasteiger partial charge in [0.25, 0.3) is 5.82 Å². The zero-order valence-electron chi connectivity index (χ0n) is 25.2. The third-order valence-electron chi connectivity index (χ3n) is 8.07. The molecule has 1 aliphatic heterocycles. The maximum atomic E-state index is 6.51. The van der Waals surface area contributed by atoms with Gasteiger partial charge in [0.15, 0.2) is 16.6 Å². The minimum absolute atomic E-state index is 0.226. The molecule has 1 aliphatic rings. The van der Waals surface area contributed by atoms with Crippen molar-refractivity contribution in [3.63, 3.8) is 0 Å². The number of fused-ring (bicyclic) bond motifs is 3. The van der Waals surface area contributed by atoms with E-state index in [1.54, 1.807) is 0 Å². The van der Waals surface area contributed by atoms with E-state index in [1.807, 2.05) is 66.7 Å². The molecular formula is C36H32Cl2N5O2+. The molecule has 3 heterocycles.